The second kappa shape index (κ2) is 8.70. The maximum Gasteiger partial charge on any atom is 0.162 e. The standard InChI is InChI=1S/C11H18BrF2NO/c1-8(2)15-5-4-11(12)9(3)16-7-10(14)6-13/h4,8,10,15H,3,5-7H2,1-2H3/b11-4+. The molecule has 0 aliphatic carbocycles. The predicted molar refractivity (Wildman–Crippen MR) is 66.1 cm³/mol. The second-order valence-corrected chi connectivity index (χ2v) is 4.46. The van der Waals surface area contributed by atoms with Gasteiger partial charge in [-0.25, -0.2) is 8.78 Å². The molecule has 1 atom stereocenters. The van der Waals surface area contributed by atoms with Gasteiger partial charge in [0, 0.05) is 12.6 Å². The van der Waals surface area contributed by atoms with Gasteiger partial charge >= 0.3 is 0 Å². The monoisotopic (exact) mass is 297 g/mol. The molecule has 0 aromatic rings. The van der Waals surface area contributed by atoms with Crippen LogP contribution in [0.25, 0.3) is 0 Å². The lowest BCUT2D eigenvalue weighted by molar-refractivity contribution is 0.122. The lowest BCUT2D eigenvalue weighted by Crippen LogP contribution is -2.22. The summed E-state index contributed by atoms with van der Waals surface area (Å²) >= 11 is 3.25. The Balaban J connectivity index is 3.88. The van der Waals surface area contributed by atoms with Crippen molar-refractivity contribution in [2.24, 2.45) is 0 Å². The van der Waals surface area contributed by atoms with Gasteiger partial charge in [-0.2, -0.15) is 0 Å². The summed E-state index contributed by atoms with van der Waals surface area (Å²) < 4.78 is 29.9. The van der Waals surface area contributed by atoms with E-state index < -0.39 is 12.8 Å². The van der Waals surface area contributed by atoms with Crippen LogP contribution in [0.15, 0.2) is 22.9 Å². The number of hydrogen-bond donors (Lipinski definition) is 1. The first-order valence-corrected chi connectivity index (χ1v) is 5.87. The lowest BCUT2D eigenvalue weighted by atomic mass is 10.3. The van der Waals surface area contributed by atoms with Crippen molar-refractivity contribution in [2.45, 2.75) is 26.1 Å². The molecule has 0 saturated heterocycles. The highest BCUT2D eigenvalue weighted by molar-refractivity contribution is 9.11. The topological polar surface area (TPSA) is 21.3 Å². The largest absolute Gasteiger partial charge is 0.490 e. The van der Waals surface area contributed by atoms with E-state index in [9.17, 15) is 8.78 Å². The number of nitrogens with one attached hydrogen (secondary N) is 1. The summed E-state index contributed by atoms with van der Waals surface area (Å²) in [5.74, 6) is 0.307. The highest BCUT2D eigenvalue weighted by atomic mass is 79.9. The highest BCUT2D eigenvalue weighted by Crippen LogP contribution is 2.16. The molecule has 0 saturated carbocycles. The maximum absolute atomic E-state index is 12.5. The molecule has 2 nitrogen and oxygen atoms in total. The van der Waals surface area contributed by atoms with Gasteiger partial charge in [-0.1, -0.05) is 26.5 Å². The average molecular weight is 298 g/mol. The molecule has 1 unspecified atom stereocenters. The normalized spacial score (nSPS) is 14.0. The molecule has 0 aliphatic heterocycles. The fourth-order valence-corrected chi connectivity index (χ4v) is 1.08. The fraction of sp³-hybridized carbons (Fsp3) is 0.636. The molecule has 0 aromatic heterocycles. The first-order valence-electron chi connectivity index (χ1n) is 5.08. The van der Waals surface area contributed by atoms with Gasteiger partial charge in [-0.3, -0.25) is 0 Å². The van der Waals surface area contributed by atoms with Crippen molar-refractivity contribution in [1.29, 1.82) is 0 Å². The number of rotatable bonds is 8. The van der Waals surface area contributed by atoms with Crippen LogP contribution >= 0.6 is 15.9 Å². The Morgan fingerprint density at radius 3 is 2.69 bits per heavy atom. The van der Waals surface area contributed by atoms with E-state index in [1.807, 2.05) is 19.9 Å². The molecule has 0 spiro atoms. The molecular formula is C11H18BrF2NO. The van der Waals surface area contributed by atoms with Crippen LogP contribution in [0.2, 0.25) is 0 Å². The van der Waals surface area contributed by atoms with E-state index in [1.54, 1.807) is 0 Å². The summed E-state index contributed by atoms with van der Waals surface area (Å²) in [5, 5.41) is 3.17. The van der Waals surface area contributed by atoms with Gasteiger partial charge in [0.25, 0.3) is 0 Å². The third-order valence-corrected chi connectivity index (χ3v) is 2.45. The zero-order valence-corrected chi connectivity index (χ0v) is 11.2. The van der Waals surface area contributed by atoms with Crippen LogP contribution in [-0.4, -0.2) is 32.0 Å². The molecule has 0 radical (unpaired) electrons. The summed E-state index contributed by atoms with van der Waals surface area (Å²) in [4.78, 5) is 0. The second-order valence-electron chi connectivity index (χ2n) is 3.60. The molecule has 0 fully saturated rings. The summed E-state index contributed by atoms with van der Waals surface area (Å²) in [7, 11) is 0. The first-order chi connectivity index (χ1) is 7.47. The Bertz CT molecular complexity index is 244. The maximum atomic E-state index is 12.5. The number of alkyl halides is 2. The molecule has 1 N–H and O–H groups in total. The number of ether oxygens (including phenoxy) is 1. The molecule has 0 amide bonds. The molecule has 94 valence electrons. The van der Waals surface area contributed by atoms with E-state index in [4.69, 9.17) is 4.74 Å². The zero-order chi connectivity index (χ0) is 12.6. The predicted octanol–water partition coefficient (Wildman–Crippen LogP) is 3.10. The molecule has 0 bridgehead atoms. The van der Waals surface area contributed by atoms with Crippen molar-refractivity contribution in [3.05, 3.63) is 22.9 Å². The van der Waals surface area contributed by atoms with Crippen molar-refractivity contribution in [2.75, 3.05) is 19.8 Å². The Labute approximate surface area is 104 Å². The van der Waals surface area contributed by atoms with E-state index >= 15 is 0 Å². The van der Waals surface area contributed by atoms with Gasteiger partial charge in [0.2, 0.25) is 0 Å². The van der Waals surface area contributed by atoms with Gasteiger partial charge in [-0.15, -0.1) is 0 Å². The minimum atomic E-state index is -1.59. The Hall–Kier alpha value is -0.420. The van der Waals surface area contributed by atoms with E-state index in [1.165, 1.54) is 0 Å². The highest BCUT2D eigenvalue weighted by Gasteiger charge is 2.08. The van der Waals surface area contributed by atoms with Gasteiger partial charge in [-0.05, 0) is 15.9 Å². The summed E-state index contributed by atoms with van der Waals surface area (Å²) in [6.45, 7) is 6.97. The van der Waals surface area contributed by atoms with Crippen LogP contribution in [0.1, 0.15) is 13.8 Å². The minimum Gasteiger partial charge on any atom is -0.490 e. The number of hydrogen-bond acceptors (Lipinski definition) is 2. The van der Waals surface area contributed by atoms with Crippen LogP contribution in [0, 0.1) is 0 Å². The summed E-state index contributed by atoms with van der Waals surface area (Å²) in [5.41, 5.74) is 0. The molecule has 5 heteroatoms. The summed E-state index contributed by atoms with van der Waals surface area (Å²) in [6.07, 6.45) is 0.233. The number of halogens is 3. The SMILES string of the molecule is C=C(OCC(F)CF)/C(Br)=C\CNC(C)C. The molecule has 0 heterocycles. The van der Waals surface area contributed by atoms with E-state index in [0.29, 0.717) is 22.8 Å². The van der Waals surface area contributed by atoms with Gasteiger partial charge in [0.15, 0.2) is 6.17 Å². The molecule has 0 aromatic carbocycles. The smallest absolute Gasteiger partial charge is 0.162 e. The van der Waals surface area contributed by atoms with Crippen LogP contribution in [-0.2, 0) is 4.74 Å². The van der Waals surface area contributed by atoms with Crippen LogP contribution in [0.5, 0.6) is 0 Å². The fourth-order valence-electron chi connectivity index (χ4n) is 0.803. The molecule has 16 heavy (non-hydrogen) atoms. The van der Waals surface area contributed by atoms with Crippen molar-refractivity contribution >= 4 is 15.9 Å². The number of allylic oxidation sites excluding steroid dienone is 1. The van der Waals surface area contributed by atoms with E-state index in [2.05, 4.69) is 27.8 Å². The Morgan fingerprint density at radius 1 is 1.56 bits per heavy atom. The van der Waals surface area contributed by atoms with Gasteiger partial charge in [0.05, 0.1) is 4.48 Å². The average Bonchev–Trinajstić information content (AvgIpc) is 2.24. The van der Waals surface area contributed by atoms with Crippen LogP contribution in [0.4, 0.5) is 8.78 Å². The minimum absolute atomic E-state index is 0.307. The first kappa shape index (κ1) is 15.6. The zero-order valence-electron chi connectivity index (χ0n) is 9.60. The van der Waals surface area contributed by atoms with Crippen LogP contribution < -0.4 is 5.32 Å². The van der Waals surface area contributed by atoms with Crippen LogP contribution in [0.3, 0.4) is 0 Å². The van der Waals surface area contributed by atoms with Gasteiger partial charge < -0.3 is 10.1 Å². The summed E-state index contributed by atoms with van der Waals surface area (Å²) in [6, 6.07) is 0.382. The Morgan fingerprint density at radius 2 is 2.19 bits per heavy atom. The quantitative estimate of drug-likeness (QED) is 0.549. The molecular weight excluding hydrogens is 280 g/mol. The van der Waals surface area contributed by atoms with Gasteiger partial charge in [0.1, 0.15) is 19.0 Å². The lowest BCUT2D eigenvalue weighted by Gasteiger charge is -2.10. The Kier molecular flexibility index (Phi) is 8.47. The third kappa shape index (κ3) is 7.82. The molecule has 0 rings (SSSR count). The van der Waals surface area contributed by atoms with Crippen molar-refractivity contribution in [3.63, 3.8) is 0 Å². The van der Waals surface area contributed by atoms with Crippen molar-refractivity contribution in [1.82, 2.24) is 5.32 Å². The van der Waals surface area contributed by atoms with Crippen molar-refractivity contribution < 1.29 is 13.5 Å². The van der Waals surface area contributed by atoms with Crippen molar-refractivity contribution in [3.8, 4) is 0 Å². The van der Waals surface area contributed by atoms with E-state index in [0.717, 1.165) is 0 Å². The molecule has 0 aliphatic rings. The van der Waals surface area contributed by atoms with E-state index in [-0.39, 0.29) is 6.61 Å². The third-order valence-electron chi connectivity index (χ3n) is 1.68.